The van der Waals surface area contributed by atoms with Gasteiger partial charge in [-0.3, -0.25) is 0 Å². The summed E-state index contributed by atoms with van der Waals surface area (Å²) in [5.41, 5.74) is 12.1. The maximum atomic E-state index is 5.55. The minimum Gasteiger partial charge on any atom is -0.368 e. The smallest absolute Gasteiger partial charge is 0.225 e. The third kappa shape index (κ3) is 3.18. The van der Waals surface area contributed by atoms with Crippen molar-refractivity contribution >= 4 is 11.9 Å². The normalized spacial score (nSPS) is 11.2. The monoisotopic (exact) mass is 261 g/mol. The van der Waals surface area contributed by atoms with Gasteiger partial charge in [0.05, 0.1) is 5.69 Å². The molecule has 0 aliphatic heterocycles. The summed E-state index contributed by atoms with van der Waals surface area (Å²) < 4.78 is 2.12. The van der Waals surface area contributed by atoms with Crippen LogP contribution in [0.25, 0.3) is 0 Å². The first-order valence-electron chi connectivity index (χ1n) is 6.25. The van der Waals surface area contributed by atoms with Crippen molar-refractivity contribution in [2.75, 3.05) is 11.5 Å². The molecule has 0 bridgehead atoms. The third-order valence-electron chi connectivity index (χ3n) is 2.74. The summed E-state index contributed by atoms with van der Waals surface area (Å²) in [5, 5.41) is 0. The number of nitrogen functional groups attached to an aromatic ring is 2. The lowest BCUT2D eigenvalue weighted by atomic mass is 10.2. The third-order valence-corrected chi connectivity index (χ3v) is 2.74. The van der Waals surface area contributed by atoms with Gasteiger partial charge in [-0.15, -0.1) is 0 Å². The number of aromatic nitrogens is 5. The lowest BCUT2D eigenvalue weighted by Crippen LogP contribution is -2.11. The van der Waals surface area contributed by atoms with E-state index >= 15 is 0 Å². The van der Waals surface area contributed by atoms with E-state index in [1.54, 1.807) is 0 Å². The van der Waals surface area contributed by atoms with Gasteiger partial charge in [-0.05, 0) is 6.92 Å². The number of anilines is 2. The number of rotatable bonds is 4. The molecule has 0 saturated carbocycles. The van der Waals surface area contributed by atoms with Gasteiger partial charge in [0.2, 0.25) is 11.9 Å². The van der Waals surface area contributed by atoms with Crippen LogP contribution >= 0.6 is 0 Å². The van der Waals surface area contributed by atoms with E-state index in [0.717, 1.165) is 18.1 Å². The summed E-state index contributed by atoms with van der Waals surface area (Å²) in [4.78, 5) is 16.4. The molecule has 7 heteroatoms. The van der Waals surface area contributed by atoms with Crippen molar-refractivity contribution in [1.29, 1.82) is 0 Å². The van der Waals surface area contributed by atoms with Crippen molar-refractivity contribution < 1.29 is 0 Å². The van der Waals surface area contributed by atoms with Gasteiger partial charge in [-0.1, -0.05) is 13.8 Å². The number of nitrogens with zero attached hydrogens (tertiary/aromatic N) is 5. The van der Waals surface area contributed by atoms with Crippen LogP contribution < -0.4 is 11.5 Å². The number of aryl methyl sites for hydroxylation is 3. The summed E-state index contributed by atoms with van der Waals surface area (Å²) in [6, 6.07) is 0. The molecule has 0 fully saturated rings. The second-order valence-corrected chi connectivity index (χ2v) is 4.81. The van der Waals surface area contributed by atoms with Crippen LogP contribution in [0.1, 0.15) is 37.1 Å². The first-order chi connectivity index (χ1) is 8.95. The molecule has 19 heavy (non-hydrogen) atoms. The highest BCUT2D eigenvalue weighted by molar-refractivity contribution is 5.25. The molecule has 7 nitrogen and oxygen atoms in total. The Hall–Kier alpha value is -2.18. The maximum absolute atomic E-state index is 5.55. The zero-order valence-electron chi connectivity index (χ0n) is 11.5. The van der Waals surface area contributed by atoms with E-state index in [-0.39, 0.29) is 11.9 Å². The minimum absolute atomic E-state index is 0.161. The van der Waals surface area contributed by atoms with E-state index in [1.165, 1.54) is 0 Å². The fourth-order valence-electron chi connectivity index (χ4n) is 1.99. The fourth-order valence-corrected chi connectivity index (χ4v) is 1.99. The molecule has 0 unspecified atom stereocenters. The van der Waals surface area contributed by atoms with Gasteiger partial charge >= 0.3 is 0 Å². The number of hydrogen-bond acceptors (Lipinski definition) is 6. The van der Waals surface area contributed by atoms with Crippen LogP contribution in [0.15, 0.2) is 6.20 Å². The molecule has 2 heterocycles. The molecule has 2 aromatic heterocycles. The highest BCUT2D eigenvalue weighted by atomic mass is 15.1. The Morgan fingerprint density at radius 1 is 1.11 bits per heavy atom. The molecule has 0 saturated heterocycles. The maximum Gasteiger partial charge on any atom is 0.225 e. The van der Waals surface area contributed by atoms with Crippen LogP contribution in [0.2, 0.25) is 0 Å². The van der Waals surface area contributed by atoms with Gasteiger partial charge in [0.25, 0.3) is 0 Å². The summed E-state index contributed by atoms with van der Waals surface area (Å²) >= 11 is 0. The number of hydrogen-bond donors (Lipinski definition) is 2. The van der Waals surface area contributed by atoms with Crippen LogP contribution in [0.5, 0.6) is 0 Å². The predicted molar refractivity (Wildman–Crippen MR) is 73.4 cm³/mol. The fraction of sp³-hybridized carbons (Fsp3) is 0.500. The second-order valence-electron chi connectivity index (χ2n) is 4.81. The Morgan fingerprint density at radius 3 is 2.32 bits per heavy atom. The Kier molecular flexibility index (Phi) is 3.64. The highest BCUT2D eigenvalue weighted by Crippen LogP contribution is 2.14. The van der Waals surface area contributed by atoms with Crippen LogP contribution in [0.3, 0.4) is 0 Å². The Morgan fingerprint density at radius 2 is 1.74 bits per heavy atom. The van der Waals surface area contributed by atoms with Crippen LogP contribution in [0.4, 0.5) is 11.9 Å². The van der Waals surface area contributed by atoms with Gasteiger partial charge in [-0.25, -0.2) is 4.98 Å². The topological polar surface area (TPSA) is 109 Å². The van der Waals surface area contributed by atoms with Crippen LogP contribution in [-0.4, -0.2) is 24.5 Å². The molecule has 102 valence electrons. The van der Waals surface area contributed by atoms with Crippen molar-refractivity contribution in [3.8, 4) is 0 Å². The molecule has 2 aromatic rings. The van der Waals surface area contributed by atoms with Gasteiger partial charge in [0.1, 0.15) is 11.6 Å². The first kappa shape index (κ1) is 13.3. The Balaban J connectivity index is 2.14. The lowest BCUT2D eigenvalue weighted by Gasteiger charge is -2.09. The summed E-state index contributed by atoms with van der Waals surface area (Å²) in [6.45, 7) is 6.98. The number of imidazole rings is 1. The van der Waals surface area contributed by atoms with Crippen molar-refractivity contribution in [2.24, 2.45) is 0 Å². The molecule has 0 spiro atoms. The van der Waals surface area contributed by atoms with Crippen molar-refractivity contribution in [2.45, 2.75) is 39.7 Å². The highest BCUT2D eigenvalue weighted by Gasteiger charge is 2.10. The second kappa shape index (κ2) is 5.21. The van der Waals surface area contributed by atoms with E-state index in [0.29, 0.717) is 18.2 Å². The first-order valence-corrected chi connectivity index (χ1v) is 6.25. The van der Waals surface area contributed by atoms with Gasteiger partial charge in [0.15, 0.2) is 0 Å². The van der Waals surface area contributed by atoms with Crippen molar-refractivity contribution in [1.82, 2.24) is 24.5 Å². The molecule has 0 aliphatic rings. The SMILES string of the molecule is Cc1cn(CCc2nc(N)nc(N)n2)c(C(C)C)n1. The Bertz CT molecular complexity index is 553. The molecule has 0 amide bonds. The minimum atomic E-state index is 0.161. The molecular weight excluding hydrogens is 242 g/mol. The predicted octanol–water partition coefficient (Wildman–Crippen LogP) is 0.907. The average molecular weight is 261 g/mol. The lowest BCUT2D eigenvalue weighted by molar-refractivity contribution is 0.607. The molecular formula is C12H19N7. The molecule has 0 aromatic carbocycles. The van der Waals surface area contributed by atoms with Gasteiger partial charge in [-0.2, -0.15) is 15.0 Å². The van der Waals surface area contributed by atoms with E-state index < -0.39 is 0 Å². The van der Waals surface area contributed by atoms with Crippen LogP contribution in [-0.2, 0) is 13.0 Å². The summed E-state index contributed by atoms with van der Waals surface area (Å²) in [6.07, 6.45) is 2.68. The van der Waals surface area contributed by atoms with Gasteiger partial charge < -0.3 is 16.0 Å². The molecule has 0 aliphatic carbocycles. The zero-order chi connectivity index (χ0) is 14.0. The largest absolute Gasteiger partial charge is 0.368 e. The average Bonchev–Trinajstić information content (AvgIpc) is 2.67. The number of nitrogens with two attached hydrogens (primary N) is 2. The summed E-state index contributed by atoms with van der Waals surface area (Å²) in [5.74, 6) is 2.36. The molecule has 4 N–H and O–H groups in total. The molecule has 2 rings (SSSR count). The standard InChI is InChI=1S/C12H19N7/c1-7(2)10-15-8(3)6-19(10)5-4-9-16-11(13)18-12(14)17-9/h6-7H,4-5H2,1-3H3,(H4,13,14,16,17,18). The quantitative estimate of drug-likeness (QED) is 0.846. The zero-order valence-corrected chi connectivity index (χ0v) is 11.5. The Labute approximate surface area is 112 Å². The van der Waals surface area contributed by atoms with E-state index in [1.807, 2.05) is 13.1 Å². The van der Waals surface area contributed by atoms with E-state index in [4.69, 9.17) is 11.5 Å². The van der Waals surface area contributed by atoms with E-state index in [2.05, 4.69) is 38.4 Å². The van der Waals surface area contributed by atoms with E-state index in [9.17, 15) is 0 Å². The molecule has 0 radical (unpaired) electrons. The van der Waals surface area contributed by atoms with Crippen molar-refractivity contribution in [3.63, 3.8) is 0 Å². The van der Waals surface area contributed by atoms with Gasteiger partial charge in [0, 0.05) is 25.1 Å². The molecule has 0 atom stereocenters. The summed E-state index contributed by atoms with van der Waals surface area (Å²) in [7, 11) is 0. The van der Waals surface area contributed by atoms with Crippen LogP contribution in [0, 0.1) is 6.92 Å². The van der Waals surface area contributed by atoms with Crippen molar-refractivity contribution in [3.05, 3.63) is 23.5 Å².